The van der Waals surface area contributed by atoms with Crippen LogP contribution in [0.4, 0.5) is 0 Å². The lowest BCUT2D eigenvalue weighted by molar-refractivity contribution is -0.190. The lowest BCUT2D eigenvalue weighted by Crippen LogP contribution is -2.10. The van der Waals surface area contributed by atoms with Gasteiger partial charge in [-0.3, -0.25) is 0 Å². The second-order valence-corrected chi connectivity index (χ2v) is 2.70. The van der Waals surface area contributed by atoms with Gasteiger partial charge in [0.05, 0.1) is 12.5 Å². The van der Waals surface area contributed by atoms with Gasteiger partial charge in [-0.15, -0.1) is 0 Å². The highest BCUT2D eigenvalue weighted by Crippen LogP contribution is 2.06. The predicted molar refractivity (Wildman–Crippen MR) is 48.2 cm³/mol. The van der Waals surface area contributed by atoms with E-state index in [1.54, 1.807) is 0 Å². The molecule has 82 valence electrons. The van der Waals surface area contributed by atoms with Crippen LogP contribution in [0.3, 0.4) is 0 Å². The smallest absolute Gasteiger partial charge is 0.421 e. The van der Waals surface area contributed by atoms with Crippen LogP contribution in [-0.2, 0) is 9.78 Å². The predicted octanol–water partition coefficient (Wildman–Crippen LogP) is 1.80. The fraction of sp³-hybridized carbons (Fsp3) is 0. The van der Waals surface area contributed by atoms with Crippen molar-refractivity contribution in [3.8, 4) is 0 Å². The molecule has 0 N–H and O–H groups in total. The molecule has 2 heterocycles. The molecule has 0 aliphatic heterocycles. The van der Waals surface area contributed by atoms with Gasteiger partial charge < -0.3 is 8.83 Å². The van der Waals surface area contributed by atoms with Gasteiger partial charge in [-0.05, 0) is 24.3 Å². The summed E-state index contributed by atoms with van der Waals surface area (Å²) in [5.41, 5.74) is 0. The van der Waals surface area contributed by atoms with Crippen LogP contribution in [0, 0.1) is 0 Å². The Morgan fingerprint density at radius 3 is 1.62 bits per heavy atom. The van der Waals surface area contributed by atoms with Gasteiger partial charge in [0.15, 0.2) is 0 Å². The molecule has 0 atom stereocenters. The summed E-state index contributed by atoms with van der Waals surface area (Å²) in [6.45, 7) is 0. The summed E-state index contributed by atoms with van der Waals surface area (Å²) in [5.74, 6) is -1.92. The molecule has 2 aromatic rings. The van der Waals surface area contributed by atoms with Crippen LogP contribution >= 0.6 is 0 Å². The van der Waals surface area contributed by atoms with Crippen LogP contribution in [0.1, 0.15) is 21.1 Å². The fourth-order valence-electron chi connectivity index (χ4n) is 0.947. The zero-order chi connectivity index (χ0) is 11.4. The summed E-state index contributed by atoms with van der Waals surface area (Å²) in [6, 6.07) is 5.77. The molecule has 16 heavy (non-hydrogen) atoms. The molecule has 0 aliphatic rings. The molecule has 0 saturated carbocycles. The van der Waals surface area contributed by atoms with Crippen molar-refractivity contribution in [1.82, 2.24) is 0 Å². The molecule has 0 saturated heterocycles. The second-order valence-electron chi connectivity index (χ2n) is 2.70. The average molecular weight is 222 g/mol. The normalized spacial score (nSPS) is 9.75. The third-order valence-electron chi connectivity index (χ3n) is 1.64. The summed E-state index contributed by atoms with van der Waals surface area (Å²) in [4.78, 5) is 30.8. The lowest BCUT2D eigenvalue weighted by Gasteiger charge is -1.98. The number of hydrogen-bond acceptors (Lipinski definition) is 6. The van der Waals surface area contributed by atoms with Crippen LogP contribution in [-0.4, -0.2) is 11.9 Å². The van der Waals surface area contributed by atoms with E-state index < -0.39 is 11.9 Å². The number of rotatable bonds is 2. The van der Waals surface area contributed by atoms with Gasteiger partial charge in [0.25, 0.3) is 0 Å². The summed E-state index contributed by atoms with van der Waals surface area (Å²) < 4.78 is 9.46. The molecule has 0 radical (unpaired) electrons. The van der Waals surface area contributed by atoms with Gasteiger partial charge >= 0.3 is 11.9 Å². The van der Waals surface area contributed by atoms with E-state index in [0.29, 0.717) is 0 Å². The molecule has 0 aliphatic carbocycles. The minimum Gasteiger partial charge on any atom is -0.457 e. The summed E-state index contributed by atoms with van der Waals surface area (Å²) in [5, 5.41) is 0. The van der Waals surface area contributed by atoms with E-state index in [-0.39, 0.29) is 11.5 Å². The Morgan fingerprint density at radius 2 is 1.31 bits per heavy atom. The van der Waals surface area contributed by atoms with E-state index in [2.05, 4.69) is 9.78 Å². The summed E-state index contributed by atoms with van der Waals surface area (Å²) in [7, 11) is 0. The monoisotopic (exact) mass is 222 g/mol. The van der Waals surface area contributed by atoms with Gasteiger partial charge in [-0.2, -0.15) is 0 Å². The maximum atomic E-state index is 11.2. The van der Waals surface area contributed by atoms with Gasteiger partial charge in [0.1, 0.15) is 0 Å². The van der Waals surface area contributed by atoms with Crippen LogP contribution in [0.15, 0.2) is 45.6 Å². The van der Waals surface area contributed by atoms with E-state index >= 15 is 0 Å². The number of furan rings is 2. The van der Waals surface area contributed by atoms with Crippen LogP contribution in [0.25, 0.3) is 0 Å². The van der Waals surface area contributed by atoms with E-state index in [4.69, 9.17) is 8.83 Å². The summed E-state index contributed by atoms with van der Waals surface area (Å²) in [6.07, 6.45) is 2.59. The number of hydrogen-bond donors (Lipinski definition) is 0. The maximum absolute atomic E-state index is 11.2. The van der Waals surface area contributed by atoms with Crippen LogP contribution in [0.5, 0.6) is 0 Å². The summed E-state index contributed by atoms with van der Waals surface area (Å²) >= 11 is 0. The molecular weight excluding hydrogens is 216 g/mol. The van der Waals surface area contributed by atoms with E-state index in [1.165, 1.54) is 36.8 Å². The largest absolute Gasteiger partial charge is 0.457 e. The topological polar surface area (TPSA) is 78.9 Å². The van der Waals surface area contributed by atoms with Crippen molar-refractivity contribution in [3.05, 3.63) is 48.3 Å². The van der Waals surface area contributed by atoms with E-state index in [0.717, 1.165) is 0 Å². The quantitative estimate of drug-likeness (QED) is 0.569. The highest BCUT2D eigenvalue weighted by Gasteiger charge is 2.17. The highest BCUT2D eigenvalue weighted by atomic mass is 17.2. The van der Waals surface area contributed by atoms with Crippen LogP contribution in [0.2, 0.25) is 0 Å². The van der Waals surface area contributed by atoms with Crippen molar-refractivity contribution in [2.24, 2.45) is 0 Å². The molecule has 0 fully saturated rings. The molecule has 2 aromatic heterocycles. The van der Waals surface area contributed by atoms with Crippen molar-refractivity contribution >= 4 is 11.9 Å². The second kappa shape index (κ2) is 4.35. The Balaban J connectivity index is 1.89. The minimum absolute atomic E-state index is 0.0627. The lowest BCUT2D eigenvalue weighted by atomic mass is 10.5. The SMILES string of the molecule is O=C(OOC(=O)c1ccco1)c1ccco1. The zero-order valence-electron chi connectivity index (χ0n) is 7.91. The molecule has 0 bridgehead atoms. The molecular formula is C10H6O6. The Hall–Kier alpha value is -2.50. The third kappa shape index (κ3) is 2.11. The zero-order valence-corrected chi connectivity index (χ0v) is 7.91. The molecule has 0 unspecified atom stereocenters. The first-order valence-corrected chi connectivity index (χ1v) is 4.27. The van der Waals surface area contributed by atoms with Crippen molar-refractivity contribution in [3.63, 3.8) is 0 Å². The molecule has 2 rings (SSSR count). The average Bonchev–Trinajstić information content (AvgIpc) is 2.95. The minimum atomic E-state index is -0.898. The number of carbonyl (C=O) groups is 2. The molecule has 6 nitrogen and oxygen atoms in total. The molecule has 0 amide bonds. The molecule has 0 spiro atoms. The first kappa shape index (κ1) is 10.0. The Kier molecular flexibility index (Phi) is 2.73. The van der Waals surface area contributed by atoms with E-state index in [9.17, 15) is 9.59 Å². The van der Waals surface area contributed by atoms with Crippen molar-refractivity contribution in [2.45, 2.75) is 0 Å². The highest BCUT2D eigenvalue weighted by molar-refractivity contribution is 5.89. The maximum Gasteiger partial charge on any atom is 0.421 e. The first-order chi connectivity index (χ1) is 7.77. The molecule has 0 aromatic carbocycles. The Labute approximate surface area is 89.3 Å². The standard InChI is InChI=1S/C10H6O6/c11-9(7-3-1-5-13-7)15-16-10(12)8-4-2-6-14-8/h1-6H. The molecule has 6 heteroatoms. The van der Waals surface area contributed by atoms with Gasteiger partial charge in [0.2, 0.25) is 11.5 Å². The van der Waals surface area contributed by atoms with Crippen molar-refractivity contribution in [2.75, 3.05) is 0 Å². The Morgan fingerprint density at radius 1 is 0.875 bits per heavy atom. The van der Waals surface area contributed by atoms with Crippen molar-refractivity contribution < 1.29 is 28.2 Å². The number of carbonyl (C=O) groups excluding carboxylic acids is 2. The Bertz CT molecular complexity index is 421. The van der Waals surface area contributed by atoms with Gasteiger partial charge in [-0.1, -0.05) is 0 Å². The van der Waals surface area contributed by atoms with Gasteiger partial charge in [0, 0.05) is 0 Å². The van der Waals surface area contributed by atoms with Crippen molar-refractivity contribution in [1.29, 1.82) is 0 Å². The first-order valence-electron chi connectivity index (χ1n) is 4.27. The fourth-order valence-corrected chi connectivity index (χ4v) is 0.947. The van der Waals surface area contributed by atoms with E-state index in [1.807, 2.05) is 0 Å². The van der Waals surface area contributed by atoms with Gasteiger partial charge in [-0.25, -0.2) is 19.4 Å². The third-order valence-corrected chi connectivity index (χ3v) is 1.64. The van der Waals surface area contributed by atoms with Crippen LogP contribution < -0.4 is 0 Å².